The number of halogens is 4. The van der Waals surface area contributed by atoms with Crippen molar-refractivity contribution in [2.24, 2.45) is 5.92 Å². The predicted molar refractivity (Wildman–Crippen MR) is 113 cm³/mol. The van der Waals surface area contributed by atoms with Crippen LogP contribution in [0.25, 0.3) is 0 Å². The first-order valence-electron chi connectivity index (χ1n) is 8.26. The molecule has 11 heteroatoms. The van der Waals surface area contributed by atoms with Gasteiger partial charge in [-0.05, 0) is 84.0 Å². The Kier molecular flexibility index (Phi) is 8.63. The molecule has 0 aliphatic carbocycles. The number of carbonyl (C=O) groups excluding carboxylic acids is 3. The van der Waals surface area contributed by atoms with E-state index in [1.807, 2.05) is 0 Å². The Morgan fingerprint density at radius 3 is 1.93 bits per heavy atom. The van der Waals surface area contributed by atoms with Crippen molar-refractivity contribution in [2.75, 3.05) is 0 Å². The Morgan fingerprint density at radius 1 is 1.07 bits per heavy atom. The molecule has 1 aromatic rings. The molecule has 0 amide bonds. The number of benzene rings is 1. The maximum absolute atomic E-state index is 13.8. The van der Waals surface area contributed by atoms with Crippen molar-refractivity contribution in [1.82, 2.24) is 0 Å². The molecule has 0 fully saturated rings. The lowest BCUT2D eigenvalue weighted by molar-refractivity contribution is -0.337. The number of esters is 1. The van der Waals surface area contributed by atoms with Crippen LogP contribution in [0.3, 0.4) is 0 Å². The molecule has 7 nitrogen and oxygen atoms in total. The van der Waals surface area contributed by atoms with Crippen LogP contribution in [0.2, 0.25) is 0 Å². The summed E-state index contributed by atoms with van der Waals surface area (Å²) < 4.78 is 43.3. The first-order valence-corrected chi connectivity index (χ1v) is 10.4. The summed E-state index contributed by atoms with van der Waals surface area (Å²) in [5.74, 6) is -9.00. The third-order valence-corrected chi connectivity index (χ3v) is 4.88. The van der Waals surface area contributed by atoms with E-state index in [2.05, 4.69) is 0 Å². The Labute approximate surface area is 193 Å². The summed E-state index contributed by atoms with van der Waals surface area (Å²) in [4.78, 5) is 34.9. The summed E-state index contributed by atoms with van der Waals surface area (Å²) >= 11 is 3.58. The first kappa shape index (κ1) is 25.8. The fraction of sp³-hybridized carbons (Fsp3) is 0.500. The van der Waals surface area contributed by atoms with E-state index < -0.39 is 41.6 Å². The van der Waals surface area contributed by atoms with Crippen molar-refractivity contribution >= 4 is 63.3 Å². The molecule has 0 aliphatic heterocycles. The summed E-state index contributed by atoms with van der Waals surface area (Å²) in [6, 6.07) is 2.53. The number of carboxylic acids is 1. The Balaban J connectivity index is 3.10. The second-order valence-corrected chi connectivity index (χ2v) is 9.64. The molecule has 0 saturated carbocycles. The fourth-order valence-corrected chi connectivity index (χ4v) is 4.05. The number of rotatable bonds is 6. The van der Waals surface area contributed by atoms with Crippen molar-refractivity contribution in [1.29, 1.82) is 0 Å². The van der Waals surface area contributed by atoms with Crippen LogP contribution in [0.4, 0.5) is 13.6 Å². The van der Waals surface area contributed by atoms with Crippen LogP contribution >= 0.6 is 45.2 Å². The molecule has 0 bridgehead atoms. The molecule has 0 aromatic heterocycles. The molecule has 0 saturated heterocycles. The minimum Gasteiger partial charge on any atom is -0.544 e. The van der Waals surface area contributed by atoms with Gasteiger partial charge in [-0.3, -0.25) is 0 Å². The zero-order valence-corrected chi connectivity index (χ0v) is 20.5. The lowest BCUT2D eigenvalue weighted by Gasteiger charge is -2.30. The highest BCUT2D eigenvalue weighted by Crippen LogP contribution is 2.32. The van der Waals surface area contributed by atoms with Gasteiger partial charge in [-0.15, -0.1) is 0 Å². The molecule has 1 unspecified atom stereocenters. The highest BCUT2D eigenvalue weighted by Gasteiger charge is 2.46. The van der Waals surface area contributed by atoms with Gasteiger partial charge >= 0.3 is 18.0 Å². The molecule has 0 radical (unpaired) electrons. The largest absolute Gasteiger partial charge is 0.544 e. The molecule has 1 rings (SSSR count). The van der Waals surface area contributed by atoms with Crippen LogP contribution in [-0.2, 0) is 14.3 Å². The molecule has 0 heterocycles. The van der Waals surface area contributed by atoms with Crippen LogP contribution < -0.4 is 9.84 Å². The topological polar surface area (TPSA) is 102 Å². The SMILES string of the molecule is CC(C)C(OC(=O)c1cc(I)c(OC(=O)OC(C)(C)C)c(I)c1)C(F)(F)C(=O)[O-]. The Hall–Kier alpha value is -1.25. The van der Waals surface area contributed by atoms with E-state index in [1.165, 1.54) is 26.0 Å². The maximum Gasteiger partial charge on any atom is 0.514 e. The number of ether oxygens (including phenoxy) is 3. The summed E-state index contributed by atoms with van der Waals surface area (Å²) in [7, 11) is 0. The normalized spacial score (nSPS) is 13.0. The molecule has 1 atom stereocenters. The number of carbonyl (C=O) groups is 3. The lowest BCUT2D eigenvalue weighted by atomic mass is 10.0. The summed E-state index contributed by atoms with van der Waals surface area (Å²) in [6.07, 6.45) is -3.16. The molecule has 162 valence electrons. The van der Waals surface area contributed by atoms with Gasteiger partial charge < -0.3 is 24.1 Å². The van der Waals surface area contributed by atoms with Crippen LogP contribution in [0.15, 0.2) is 12.1 Å². The van der Waals surface area contributed by atoms with Gasteiger partial charge in [-0.25, -0.2) is 9.59 Å². The lowest BCUT2D eigenvalue weighted by Crippen LogP contribution is -2.53. The van der Waals surface area contributed by atoms with Gasteiger partial charge in [0.15, 0.2) is 11.9 Å². The van der Waals surface area contributed by atoms with E-state index >= 15 is 0 Å². The van der Waals surface area contributed by atoms with Crippen molar-refractivity contribution in [3.8, 4) is 5.75 Å². The Bertz CT molecular complexity index is 781. The zero-order chi connectivity index (χ0) is 22.7. The minimum atomic E-state index is -4.36. The van der Waals surface area contributed by atoms with E-state index in [1.54, 1.807) is 66.0 Å². The molecule has 0 N–H and O–H groups in total. The zero-order valence-electron chi connectivity index (χ0n) is 16.2. The quantitative estimate of drug-likeness (QED) is 0.266. The van der Waals surface area contributed by atoms with E-state index in [4.69, 9.17) is 14.2 Å². The van der Waals surface area contributed by atoms with Gasteiger partial charge in [-0.1, -0.05) is 13.8 Å². The number of alkyl halides is 2. The fourth-order valence-electron chi connectivity index (χ4n) is 2.06. The van der Waals surface area contributed by atoms with E-state index in [-0.39, 0.29) is 11.3 Å². The van der Waals surface area contributed by atoms with E-state index in [9.17, 15) is 28.3 Å². The number of hydrogen-bond acceptors (Lipinski definition) is 7. The maximum atomic E-state index is 13.8. The molecular weight excluding hydrogens is 620 g/mol. The Morgan fingerprint density at radius 2 is 1.55 bits per heavy atom. The third-order valence-electron chi connectivity index (χ3n) is 3.28. The average molecular weight is 639 g/mol. The van der Waals surface area contributed by atoms with Crippen molar-refractivity contribution < 1.29 is 42.5 Å². The first-order chi connectivity index (χ1) is 13.1. The molecule has 0 spiro atoms. The second kappa shape index (κ2) is 9.71. The van der Waals surface area contributed by atoms with Gasteiger partial charge in [-0.2, -0.15) is 8.78 Å². The molecule has 1 aromatic carbocycles. The van der Waals surface area contributed by atoms with Crippen LogP contribution in [-0.4, -0.2) is 35.7 Å². The monoisotopic (exact) mass is 639 g/mol. The van der Waals surface area contributed by atoms with Gasteiger partial charge in [0, 0.05) is 0 Å². The molecule has 29 heavy (non-hydrogen) atoms. The number of hydrogen-bond donors (Lipinski definition) is 0. The van der Waals surface area contributed by atoms with Crippen LogP contribution in [0.1, 0.15) is 45.0 Å². The standard InChI is InChI=1S/C18H20F2I2O7/c1-8(2)13(18(19,20)15(24)25)28-14(23)9-6-10(21)12(11(22)7-9)27-16(26)29-17(3,4)5/h6-8,13H,1-5H3,(H,24,25)/p-1. The smallest absolute Gasteiger partial charge is 0.514 e. The second-order valence-electron chi connectivity index (χ2n) is 7.32. The van der Waals surface area contributed by atoms with Crippen molar-refractivity contribution in [2.45, 2.75) is 52.2 Å². The van der Waals surface area contributed by atoms with E-state index in [0.717, 1.165) is 0 Å². The van der Waals surface area contributed by atoms with Crippen molar-refractivity contribution in [3.05, 3.63) is 24.8 Å². The van der Waals surface area contributed by atoms with Gasteiger partial charge in [0.2, 0.25) is 0 Å². The summed E-state index contributed by atoms with van der Waals surface area (Å²) in [6.45, 7) is 7.57. The average Bonchev–Trinajstić information content (AvgIpc) is 2.53. The molecule has 0 aliphatic rings. The minimum absolute atomic E-state index is 0.116. The highest BCUT2D eigenvalue weighted by molar-refractivity contribution is 14.1. The van der Waals surface area contributed by atoms with Crippen LogP contribution in [0, 0.1) is 13.1 Å². The van der Waals surface area contributed by atoms with Crippen molar-refractivity contribution in [3.63, 3.8) is 0 Å². The van der Waals surface area contributed by atoms with Gasteiger partial charge in [0.25, 0.3) is 0 Å². The number of carboxylic acid groups (broad SMARTS) is 1. The van der Waals surface area contributed by atoms with Gasteiger partial charge in [0.1, 0.15) is 11.6 Å². The summed E-state index contributed by atoms with van der Waals surface area (Å²) in [5, 5.41) is 10.7. The molecular formula is C18H19F2I2O7-. The summed E-state index contributed by atoms with van der Waals surface area (Å²) in [5.41, 5.74) is -0.886. The third kappa shape index (κ3) is 7.19. The highest BCUT2D eigenvalue weighted by atomic mass is 127. The van der Waals surface area contributed by atoms with Gasteiger partial charge in [0.05, 0.1) is 12.7 Å². The van der Waals surface area contributed by atoms with E-state index in [0.29, 0.717) is 7.14 Å². The van der Waals surface area contributed by atoms with Crippen LogP contribution in [0.5, 0.6) is 5.75 Å². The number of aliphatic carboxylic acids is 1. The predicted octanol–water partition coefficient (Wildman–Crippen LogP) is 3.78.